The molecule has 0 saturated carbocycles. The predicted molar refractivity (Wildman–Crippen MR) is 55.8 cm³/mol. The molecule has 0 aromatic heterocycles. The highest BCUT2D eigenvalue weighted by atomic mass is 16.2. The van der Waals surface area contributed by atoms with Gasteiger partial charge in [0.25, 0.3) is 0 Å². The van der Waals surface area contributed by atoms with Crippen LogP contribution in [0.25, 0.3) is 0 Å². The fourth-order valence-electron chi connectivity index (χ4n) is 0.931. The van der Waals surface area contributed by atoms with Gasteiger partial charge in [0.1, 0.15) is 0 Å². The average Bonchev–Trinajstić information content (AvgIpc) is 2.65. The number of hydrogen-bond acceptors (Lipinski definition) is 4. The quantitative estimate of drug-likeness (QED) is 0.409. The first-order valence-electron chi connectivity index (χ1n) is 4.43. The van der Waals surface area contributed by atoms with Gasteiger partial charge in [0.15, 0.2) is 0 Å². The zero-order chi connectivity index (χ0) is 11.8. The van der Waals surface area contributed by atoms with Crippen molar-refractivity contribution in [3.8, 4) is 0 Å². The molecule has 6 heteroatoms. The largest absolute Gasteiger partial charge is 0.329 e. The fourth-order valence-corrected chi connectivity index (χ4v) is 0.931. The van der Waals surface area contributed by atoms with E-state index >= 15 is 0 Å². The van der Waals surface area contributed by atoms with E-state index in [0.717, 1.165) is 0 Å². The van der Waals surface area contributed by atoms with Crippen LogP contribution in [0, 0.1) is 0 Å². The minimum Gasteiger partial charge on any atom is -0.329 e. The summed E-state index contributed by atoms with van der Waals surface area (Å²) in [5.74, 6) is -0.259. The zero-order valence-electron chi connectivity index (χ0n) is 8.27. The lowest BCUT2D eigenvalue weighted by Crippen LogP contribution is -2.22. The Morgan fingerprint density at radius 3 is 2.25 bits per heavy atom. The number of para-hydroxylation sites is 1. The van der Waals surface area contributed by atoms with E-state index in [1.54, 1.807) is 12.1 Å². The summed E-state index contributed by atoms with van der Waals surface area (Å²) in [6.45, 7) is 0.124. The van der Waals surface area contributed by atoms with Gasteiger partial charge in [0.2, 0.25) is 12.0 Å². The summed E-state index contributed by atoms with van der Waals surface area (Å²) >= 11 is 0. The van der Waals surface area contributed by atoms with Crippen molar-refractivity contribution in [1.29, 1.82) is 0 Å². The van der Waals surface area contributed by atoms with Gasteiger partial charge in [-0.2, -0.15) is 4.99 Å². The van der Waals surface area contributed by atoms with Gasteiger partial charge in [-0.1, -0.05) is 18.2 Å². The molecule has 2 rings (SSSR count). The Hall–Kier alpha value is -2.46. The molecule has 1 aliphatic rings. The van der Waals surface area contributed by atoms with E-state index in [9.17, 15) is 14.4 Å². The molecule has 0 radical (unpaired) electrons. The van der Waals surface area contributed by atoms with E-state index in [1.165, 1.54) is 6.08 Å². The molecule has 0 atom stereocenters. The molecule has 1 aliphatic heterocycles. The molecule has 0 bridgehead atoms. The number of rotatable bonds is 1. The molecule has 1 saturated heterocycles. The van der Waals surface area contributed by atoms with E-state index in [-0.39, 0.29) is 12.5 Å². The lowest BCUT2D eigenvalue weighted by Gasteiger charge is -1.83. The Bertz CT molecular complexity index is 410. The van der Waals surface area contributed by atoms with Crippen LogP contribution in [0.4, 0.5) is 10.5 Å². The van der Waals surface area contributed by atoms with Gasteiger partial charge in [0, 0.05) is 0 Å². The number of urea groups is 1. The SMILES string of the molecule is O=C1CNC(=O)N1.O=C=Nc1ccccc1. The van der Waals surface area contributed by atoms with Gasteiger partial charge in [-0.3, -0.25) is 10.1 Å². The zero-order valence-corrected chi connectivity index (χ0v) is 8.27. The first-order chi connectivity index (χ1) is 7.72. The number of nitrogens with one attached hydrogen (secondary N) is 2. The van der Waals surface area contributed by atoms with Crippen molar-refractivity contribution in [2.75, 3.05) is 6.54 Å². The standard InChI is InChI=1S/C7H5NO.C3H4N2O2/c9-6-8-7-4-2-1-3-5-7;6-2-1-4-3(7)5-2/h1-5H;1H2,(H2,4,5,6,7). The molecule has 0 aliphatic carbocycles. The van der Waals surface area contributed by atoms with Gasteiger partial charge >= 0.3 is 6.03 Å². The molecule has 82 valence electrons. The Morgan fingerprint density at radius 1 is 1.19 bits per heavy atom. The second kappa shape index (κ2) is 6.10. The monoisotopic (exact) mass is 219 g/mol. The Morgan fingerprint density at radius 2 is 1.88 bits per heavy atom. The number of benzene rings is 1. The number of amides is 3. The first-order valence-corrected chi connectivity index (χ1v) is 4.43. The van der Waals surface area contributed by atoms with Crippen LogP contribution < -0.4 is 10.6 Å². The van der Waals surface area contributed by atoms with Crippen LogP contribution in [0.1, 0.15) is 0 Å². The summed E-state index contributed by atoms with van der Waals surface area (Å²) in [5, 5.41) is 4.30. The van der Waals surface area contributed by atoms with Crippen molar-refractivity contribution >= 4 is 23.7 Å². The highest BCUT2D eigenvalue weighted by molar-refractivity contribution is 6.01. The van der Waals surface area contributed by atoms with E-state index in [4.69, 9.17) is 0 Å². The summed E-state index contributed by atoms with van der Waals surface area (Å²) in [7, 11) is 0. The fraction of sp³-hybridized carbons (Fsp3) is 0.100. The van der Waals surface area contributed by atoms with Crippen LogP contribution in [0.5, 0.6) is 0 Å². The maximum Gasteiger partial charge on any atom is 0.321 e. The van der Waals surface area contributed by atoms with E-state index in [2.05, 4.69) is 10.3 Å². The molecular weight excluding hydrogens is 210 g/mol. The van der Waals surface area contributed by atoms with Crippen LogP contribution in [0.3, 0.4) is 0 Å². The number of carbonyl (C=O) groups is 2. The lowest BCUT2D eigenvalue weighted by atomic mass is 10.3. The third-order valence-corrected chi connectivity index (χ3v) is 1.59. The molecule has 1 heterocycles. The molecule has 1 aromatic carbocycles. The van der Waals surface area contributed by atoms with Crippen LogP contribution >= 0.6 is 0 Å². The molecular formula is C10H9N3O3. The van der Waals surface area contributed by atoms with Crippen molar-refractivity contribution in [2.45, 2.75) is 0 Å². The van der Waals surface area contributed by atoms with Crippen molar-refractivity contribution in [3.05, 3.63) is 30.3 Å². The number of carbonyl (C=O) groups excluding carboxylic acids is 3. The van der Waals surface area contributed by atoms with Crippen LogP contribution in [-0.4, -0.2) is 24.6 Å². The molecule has 6 nitrogen and oxygen atoms in total. The molecule has 16 heavy (non-hydrogen) atoms. The summed E-state index contributed by atoms with van der Waals surface area (Å²) in [5.41, 5.74) is 0.646. The van der Waals surface area contributed by atoms with E-state index in [1.807, 2.05) is 23.5 Å². The summed E-state index contributed by atoms with van der Waals surface area (Å²) in [6, 6.07) is 8.58. The van der Waals surface area contributed by atoms with Crippen molar-refractivity contribution in [2.24, 2.45) is 4.99 Å². The van der Waals surface area contributed by atoms with Crippen LogP contribution in [0.15, 0.2) is 35.3 Å². The van der Waals surface area contributed by atoms with Gasteiger partial charge in [-0.05, 0) is 12.1 Å². The molecule has 3 amide bonds. The van der Waals surface area contributed by atoms with E-state index < -0.39 is 6.03 Å². The summed E-state index contributed by atoms with van der Waals surface area (Å²) in [6.07, 6.45) is 1.46. The maximum absolute atomic E-state index is 10.1. The molecule has 0 spiro atoms. The third-order valence-electron chi connectivity index (χ3n) is 1.59. The smallest absolute Gasteiger partial charge is 0.321 e. The van der Waals surface area contributed by atoms with Crippen LogP contribution in [0.2, 0.25) is 0 Å². The lowest BCUT2D eigenvalue weighted by molar-refractivity contribution is -0.117. The summed E-state index contributed by atoms with van der Waals surface area (Å²) in [4.78, 5) is 33.2. The molecule has 1 fully saturated rings. The molecule has 2 N–H and O–H groups in total. The average molecular weight is 219 g/mol. The number of hydrogen-bond donors (Lipinski definition) is 2. The Balaban J connectivity index is 0.000000165. The predicted octanol–water partition coefficient (Wildman–Crippen LogP) is 0.480. The van der Waals surface area contributed by atoms with Gasteiger partial charge in [-0.15, -0.1) is 0 Å². The minimum absolute atomic E-state index is 0.124. The third kappa shape index (κ3) is 4.17. The van der Waals surface area contributed by atoms with Crippen LogP contribution in [-0.2, 0) is 9.59 Å². The van der Waals surface area contributed by atoms with Gasteiger partial charge < -0.3 is 5.32 Å². The van der Waals surface area contributed by atoms with Gasteiger partial charge in [-0.25, -0.2) is 9.59 Å². The van der Waals surface area contributed by atoms with Gasteiger partial charge in [0.05, 0.1) is 12.2 Å². The molecule has 1 aromatic rings. The topological polar surface area (TPSA) is 87.6 Å². The van der Waals surface area contributed by atoms with Crippen molar-refractivity contribution < 1.29 is 14.4 Å². The van der Waals surface area contributed by atoms with E-state index in [0.29, 0.717) is 5.69 Å². The Labute approximate surface area is 91.4 Å². The highest BCUT2D eigenvalue weighted by Gasteiger charge is 2.14. The normalized spacial score (nSPS) is 12.8. The summed E-state index contributed by atoms with van der Waals surface area (Å²) < 4.78 is 0. The highest BCUT2D eigenvalue weighted by Crippen LogP contribution is 2.06. The maximum atomic E-state index is 10.1. The number of aliphatic imine (C=N–C) groups is 1. The second-order valence-corrected chi connectivity index (χ2v) is 2.77. The van der Waals surface area contributed by atoms with Crippen molar-refractivity contribution in [3.63, 3.8) is 0 Å². The number of nitrogens with zero attached hydrogens (tertiary/aromatic N) is 1. The second-order valence-electron chi connectivity index (χ2n) is 2.77. The molecule has 0 unspecified atom stereocenters. The Kier molecular flexibility index (Phi) is 4.43. The number of imide groups is 1. The minimum atomic E-state index is -0.398. The number of isocyanates is 1. The van der Waals surface area contributed by atoms with Crippen molar-refractivity contribution in [1.82, 2.24) is 10.6 Å². The first kappa shape index (κ1) is 11.6.